The van der Waals surface area contributed by atoms with Gasteiger partial charge < -0.3 is 0 Å². The molecule has 0 saturated carbocycles. The first-order valence-electron chi connectivity index (χ1n) is 9.11. The van der Waals surface area contributed by atoms with Gasteiger partial charge in [-0.2, -0.15) is 4.89 Å². The van der Waals surface area contributed by atoms with Crippen molar-refractivity contribution in [1.29, 1.82) is 0 Å². The quantitative estimate of drug-likeness (QED) is 0.160. The van der Waals surface area contributed by atoms with Crippen LogP contribution >= 0.6 is 31.1 Å². The maximum absolute atomic E-state index is 14.5. The molecule has 0 aromatic heterocycles. The number of halogens is 2. The maximum Gasteiger partial charge on any atom is 0.246 e. The van der Waals surface area contributed by atoms with E-state index < -0.39 is 22.2 Å². The summed E-state index contributed by atoms with van der Waals surface area (Å²) in [7, 11) is 4.16. The zero-order valence-electron chi connectivity index (χ0n) is 16.0. The molecule has 4 atom stereocenters. The van der Waals surface area contributed by atoms with Gasteiger partial charge in [-0.15, -0.1) is 12.6 Å². The molecule has 0 bridgehead atoms. The van der Waals surface area contributed by atoms with E-state index in [1.807, 2.05) is 24.3 Å². The maximum atomic E-state index is 14.5. The Morgan fingerprint density at radius 1 is 1.27 bits per heavy atom. The summed E-state index contributed by atoms with van der Waals surface area (Å²) in [5, 5.41) is 0.0260. The number of fused-ring (bicyclic) bond motifs is 1. The van der Waals surface area contributed by atoms with E-state index in [1.54, 1.807) is 23.1 Å². The Bertz CT molecular complexity index is 944. The average Bonchev–Trinajstić information content (AvgIpc) is 2.73. The Morgan fingerprint density at radius 3 is 2.63 bits per heavy atom. The van der Waals surface area contributed by atoms with Crippen molar-refractivity contribution in [3.05, 3.63) is 70.8 Å². The number of hydrogen-bond acceptors (Lipinski definition) is 5. The molecule has 160 valence electrons. The Labute approximate surface area is 183 Å². The van der Waals surface area contributed by atoms with Crippen LogP contribution in [0.3, 0.4) is 0 Å². The molecule has 0 fully saturated rings. The normalized spacial score (nSPS) is 19.0. The van der Waals surface area contributed by atoms with Gasteiger partial charge in [0, 0.05) is 24.6 Å². The fourth-order valence-corrected chi connectivity index (χ4v) is 4.50. The highest BCUT2D eigenvalue weighted by Gasteiger charge is 2.45. The second kappa shape index (κ2) is 9.47. The molecule has 10 heteroatoms. The van der Waals surface area contributed by atoms with Crippen molar-refractivity contribution in [3.63, 3.8) is 0 Å². The van der Waals surface area contributed by atoms with Crippen molar-refractivity contribution in [1.82, 2.24) is 4.90 Å². The predicted octanol–water partition coefficient (Wildman–Crippen LogP) is 4.61. The molecule has 1 heterocycles. The first-order chi connectivity index (χ1) is 14.2. The molecule has 3 unspecified atom stereocenters. The Hall–Kier alpha value is -1.27. The molecule has 1 aliphatic rings. The molecular weight excluding hydrogens is 448 g/mol. The molecular formula is C20H22F2N2O3P2S. The summed E-state index contributed by atoms with van der Waals surface area (Å²) in [6.07, 6.45) is 0.596. The van der Waals surface area contributed by atoms with Crippen LogP contribution in [0.15, 0.2) is 53.5 Å². The van der Waals surface area contributed by atoms with E-state index in [0.29, 0.717) is 24.1 Å². The van der Waals surface area contributed by atoms with Gasteiger partial charge in [0.05, 0.1) is 0 Å². The second-order valence-electron chi connectivity index (χ2n) is 7.02. The number of thiol groups is 1. The number of carbonyl (C=O) groups is 1. The predicted molar refractivity (Wildman–Crippen MR) is 121 cm³/mol. The summed E-state index contributed by atoms with van der Waals surface area (Å²) < 4.78 is 27.5. The zero-order chi connectivity index (χ0) is 21.9. The Balaban J connectivity index is 2.11. The third-order valence-corrected chi connectivity index (χ3v) is 6.43. The second-order valence-corrected chi connectivity index (χ2v) is 9.97. The molecule has 30 heavy (non-hydrogen) atoms. The molecule has 0 aliphatic carbocycles. The molecule has 2 aromatic carbocycles. The fraction of sp³-hybridized carbons (Fsp3) is 0.300. The zero-order valence-corrected chi connectivity index (χ0v) is 19.2. The molecule has 0 N–H and O–H groups in total. The Morgan fingerprint density at radius 2 is 1.97 bits per heavy atom. The number of hydrogen-bond donors (Lipinski definition) is 1. The lowest BCUT2D eigenvalue weighted by molar-refractivity contribution is -0.480. The molecule has 5 nitrogen and oxygen atoms in total. The lowest BCUT2D eigenvalue weighted by Gasteiger charge is -2.45. The van der Waals surface area contributed by atoms with Gasteiger partial charge in [0.15, 0.2) is 5.15 Å². The van der Waals surface area contributed by atoms with E-state index in [1.165, 1.54) is 6.07 Å². The number of rotatable bonds is 7. The highest BCUT2D eigenvalue weighted by atomic mass is 32.1. The van der Waals surface area contributed by atoms with Gasteiger partial charge >= 0.3 is 0 Å². The molecule has 3 rings (SSSR count). The average molecular weight is 470 g/mol. The van der Waals surface area contributed by atoms with E-state index in [-0.39, 0.29) is 6.42 Å². The van der Waals surface area contributed by atoms with Crippen LogP contribution in [-0.4, -0.2) is 24.1 Å². The number of aliphatic imine (C=N–C) groups is 1. The SMILES string of the molecule is C=NC(=O)C[C@H]1c2ccccc2CCN1C(S)(OOF)c1cccc(C(F)(P)P)c1. The van der Waals surface area contributed by atoms with E-state index in [4.69, 9.17) is 4.89 Å². The molecule has 1 amide bonds. The number of alkyl halides is 1. The van der Waals surface area contributed by atoms with Crippen LogP contribution in [0.25, 0.3) is 0 Å². The largest absolute Gasteiger partial charge is 0.273 e. The van der Waals surface area contributed by atoms with Crippen LogP contribution in [0.1, 0.15) is 34.7 Å². The summed E-state index contributed by atoms with van der Waals surface area (Å²) in [5.74, 6) is -0.426. The molecule has 1 aliphatic heterocycles. The van der Waals surface area contributed by atoms with Crippen LogP contribution in [0.4, 0.5) is 8.92 Å². The Kier molecular flexibility index (Phi) is 7.39. The molecule has 0 saturated heterocycles. The van der Waals surface area contributed by atoms with E-state index in [2.05, 4.69) is 47.9 Å². The van der Waals surface area contributed by atoms with Crippen molar-refractivity contribution in [2.75, 3.05) is 6.54 Å². The monoisotopic (exact) mass is 470 g/mol. The lowest BCUT2D eigenvalue weighted by atomic mass is 9.89. The van der Waals surface area contributed by atoms with Crippen molar-refractivity contribution in [3.8, 4) is 0 Å². The van der Waals surface area contributed by atoms with E-state index in [0.717, 1.165) is 11.1 Å². The van der Waals surface area contributed by atoms with Gasteiger partial charge in [-0.1, -0.05) is 60.9 Å². The first-order valence-corrected chi connectivity index (χ1v) is 10.7. The van der Waals surface area contributed by atoms with Gasteiger partial charge in [0.2, 0.25) is 11.0 Å². The molecule has 0 spiro atoms. The standard InChI is InChI=1S/C20H22F2N2O3P2S/c1-23-18(25)12-17-16-8-3-2-5-13(16)9-10-24(17)20(30,26-27-22)15-7-4-6-14(11-15)19(21,28)29/h2-8,11,17,30H,1,9-10,12,28-29H2/t17-,20?/m0/s1. The number of benzene rings is 2. The van der Waals surface area contributed by atoms with Crippen LogP contribution in [0.5, 0.6) is 0 Å². The number of nitrogens with zero attached hydrogens (tertiary/aromatic N) is 2. The van der Waals surface area contributed by atoms with Crippen molar-refractivity contribution >= 4 is 43.7 Å². The van der Waals surface area contributed by atoms with E-state index in [9.17, 15) is 13.7 Å². The minimum Gasteiger partial charge on any atom is -0.273 e. The van der Waals surface area contributed by atoms with Crippen molar-refractivity contribution in [2.24, 2.45) is 4.99 Å². The third-order valence-electron chi connectivity index (χ3n) is 5.17. The number of amides is 1. The summed E-state index contributed by atoms with van der Waals surface area (Å²) in [6.45, 7) is 3.68. The lowest BCUT2D eigenvalue weighted by Crippen LogP contribution is -2.49. The van der Waals surface area contributed by atoms with Gasteiger partial charge in [-0.25, -0.2) is 9.38 Å². The van der Waals surface area contributed by atoms with Crippen molar-refractivity contribution < 1.29 is 23.7 Å². The number of carbonyl (C=O) groups excluding carboxylic acids is 1. The smallest absolute Gasteiger partial charge is 0.246 e. The van der Waals surface area contributed by atoms with Gasteiger partial charge in [0.25, 0.3) is 0 Å². The molecule has 0 radical (unpaired) electrons. The highest BCUT2D eigenvalue weighted by Crippen LogP contribution is 2.47. The minimum absolute atomic E-state index is 0.0154. The summed E-state index contributed by atoms with van der Waals surface area (Å²) in [6, 6.07) is 13.4. The van der Waals surface area contributed by atoms with Crippen LogP contribution in [-0.2, 0) is 31.4 Å². The third kappa shape index (κ3) is 4.80. The fourth-order valence-electron chi connectivity index (χ4n) is 3.73. The first kappa shape index (κ1) is 23.4. The summed E-state index contributed by atoms with van der Waals surface area (Å²) in [4.78, 5) is 22.4. The van der Waals surface area contributed by atoms with Crippen LogP contribution in [0, 0.1) is 0 Å². The van der Waals surface area contributed by atoms with E-state index >= 15 is 0 Å². The summed E-state index contributed by atoms with van der Waals surface area (Å²) in [5.41, 5.74) is 2.57. The minimum atomic E-state index is -1.79. The highest BCUT2D eigenvalue weighted by molar-refractivity contribution is 7.81. The van der Waals surface area contributed by atoms with Gasteiger partial charge in [-0.3, -0.25) is 9.69 Å². The van der Waals surface area contributed by atoms with Gasteiger partial charge in [-0.05, 0) is 45.5 Å². The van der Waals surface area contributed by atoms with Crippen LogP contribution < -0.4 is 0 Å². The topological polar surface area (TPSA) is 51.1 Å². The summed E-state index contributed by atoms with van der Waals surface area (Å²) >= 11 is 4.62. The molecule has 2 aromatic rings. The van der Waals surface area contributed by atoms with Gasteiger partial charge in [0.1, 0.15) is 0 Å². The van der Waals surface area contributed by atoms with Crippen molar-refractivity contribution in [2.45, 2.75) is 29.1 Å². The van der Waals surface area contributed by atoms with Crippen LogP contribution in [0.2, 0.25) is 0 Å².